The molecule has 1 unspecified atom stereocenters. The molecule has 1 aromatic carbocycles. The highest BCUT2D eigenvalue weighted by molar-refractivity contribution is 9.10. The van der Waals surface area contributed by atoms with Gasteiger partial charge in [-0.3, -0.25) is 4.79 Å². The molecule has 31 heavy (non-hydrogen) atoms. The summed E-state index contributed by atoms with van der Waals surface area (Å²) in [6, 6.07) is 9.36. The third-order valence-electron chi connectivity index (χ3n) is 5.98. The molecule has 0 aliphatic carbocycles. The Labute approximate surface area is 190 Å². The number of halogens is 1. The van der Waals surface area contributed by atoms with E-state index in [1.165, 1.54) is 0 Å². The monoisotopic (exact) mass is 483 g/mol. The molecule has 1 aliphatic rings. The van der Waals surface area contributed by atoms with Gasteiger partial charge in [-0.25, -0.2) is 15.0 Å². The standard InChI is InChI=1S/C23H26BrN5O2/c1-23(2)10-5-11-29(19(23)14-27-22-25-12-15(24)13-26-22)21(30)17-6-4-7-18-16(17)8-9-20(28-18)31-3/h4,6-9,12-13,19H,5,10-11,14H2,1-3H3,(H,25,26,27). The first kappa shape index (κ1) is 21.5. The van der Waals surface area contributed by atoms with Crippen LogP contribution in [-0.2, 0) is 0 Å². The smallest absolute Gasteiger partial charge is 0.254 e. The summed E-state index contributed by atoms with van der Waals surface area (Å²) >= 11 is 3.36. The molecule has 0 bridgehead atoms. The van der Waals surface area contributed by atoms with Crippen LogP contribution in [-0.4, -0.2) is 52.0 Å². The van der Waals surface area contributed by atoms with Crippen LogP contribution in [0.3, 0.4) is 0 Å². The van der Waals surface area contributed by atoms with Crippen LogP contribution in [0.15, 0.2) is 47.2 Å². The van der Waals surface area contributed by atoms with Crippen LogP contribution in [0, 0.1) is 5.41 Å². The fourth-order valence-corrected chi connectivity index (χ4v) is 4.47. The van der Waals surface area contributed by atoms with Gasteiger partial charge in [-0.2, -0.15) is 0 Å². The van der Waals surface area contributed by atoms with Crippen molar-refractivity contribution in [3.63, 3.8) is 0 Å². The fourth-order valence-electron chi connectivity index (χ4n) is 4.26. The lowest BCUT2D eigenvalue weighted by Crippen LogP contribution is -2.55. The normalized spacial score (nSPS) is 18.1. The van der Waals surface area contributed by atoms with Gasteiger partial charge in [0.05, 0.1) is 23.1 Å². The minimum absolute atomic E-state index is 0.00228. The van der Waals surface area contributed by atoms with Crippen LogP contribution in [0.2, 0.25) is 0 Å². The summed E-state index contributed by atoms with van der Waals surface area (Å²) in [6.45, 7) is 5.74. The number of amides is 1. The number of pyridine rings is 1. The van der Waals surface area contributed by atoms with E-state index in [0.29, 0.717) is 23.9 Å². The average molecular weight is 484 g/mol. The first-order chi connectivity index (χ1) is 14.9. The molecule has 3 aromatic rings. The van der Waals surface area contributed by atoms with Crippen LogP contribution in [0.1, 0.15) is 37.0 Å². The van der Waals surface area contributed by atoms with Crippen molar-refractivity contribution in [2.45, 2.75) is 32.7 Å². The second-order valence-electron chi connectivity index (χ2n) is 8.44. The summed E-state index contributed by atoms with van der Waals surface area (Å²) in [5, 5.41) is 4.15. The van der Waals surface area contributed by atoms with Crippen molar-refractivity contribution >= 4 is 38.7 Å². The number of hydrogen-bond donors (Lipinski definition) is 1. The molecule has 1 fully saturated rings. The minimum Gasteiger partial charge on any atom is -0.481 e. The van der Waals surface area contributed by atoms with Gasteiger partial charge in [-0.05, 0) is 52.4 Å². The molecule has 0 spiro atoms. The van der Waals surface area contributed by atoms with E-state index in [1.54, 1.807) is 25.6 Å². The Morgan fingerprint density at radius 1 is 1.26 bits per heavy atom. The molecule has 3 heterocycles. The maximum absolute atomic E-state index is 13.7. The Bertz CT molecular complexity index is 1090. The molecular formula is C23H26BrN5O2. The van der Waals surface area contributed by atoms with E-state index in [0.717, 1.165) is 34.8 Å². The number of rotatable bonds is 5. The molecule has 1 aliphatic heterocycles. The number of aromatic nitrogens is 3. The molecule has 4 rings (SSSR count). The molecule has 2 aromatic heterocycles. The summed E-state index contributed by atoms with van der Waals surface area (Å²) in [7, 11) is 1.59. The van der Waals surface area contributed by atoms with Gasteiger partial charge in [0.15, 0.2) is 0 Å². The minimum atomic E-state index is -0.0394. The molecule has 1 saturated heterocycles. The van der Waals surface area contributed by atoms with Gasteiger partial charge >= 0.3 is 0 Å². The number of fused-ring (bicyclic) bond motifs is 1. The van der Waals surface area contributed by atoms with Crippen molar-refractivity contribution in [2.75, 3.05) is 25.5 Å². The second-order valence-corrected chi connectivity index (χ2v) is 9.35. The maximum Gasteiger partial charge on any atom is 0.254 e. The zero-order valence-electron chi connectivity index (χ0n) is 17.9. The summed E-state index contributed by atoms with van der Waals surface area (Å²) < 4.78 is 6.06. The molecule has 1 amide bonds. The Balaban J connectivity index is 1.63. The zero-order valence-corrected chi connectivity index (χ0v) is 19.5. The first-order valence-corrected chi connectivity index (χ1v) is 11.1. The Hall–Kier alpha value is -2.74. The Kier molecular flexibility index (Phi) is 6.09. The van der Waals surface area contributed by atoms with E-state index in [4.69, 9.17) is 4.74 Å². The van der Waals surface area contributed by atoms with Crippen molar-refractivity contribution in [1.29, 1.82) is 0 Å². The Morgan fingerprint density at radius 2 is 2.03 bits per heavy atom. The lowest BCUT2D eigenvalue weighted by Gasteiger charge is -2.46. The van der Waals surface area contributed by atoms with Crippen molar-refractivity contribution in [1.82, 2.24) is 19.9 Å². The highest BCUT2D eigenvalue weighted by atomic mass is 79.9. The molecular weight excluding hydrogens is 458 g/mol. The van der Waals surface area contributed by atoms with E-state index in [9.17, 15) is 4.79 Å². The quantitative estimate of drug-likeness (QED) is 0.573. The number of piperidine rings is 1. The third kappa shape index (κ3) is 4.49. The zero-order chi connectivity index (χ0) is 22.0. The van der Waals surface area contributed by atoms with Crippen LogP contribution in [0.25, 0.3) is 10.9 Å². The molecule has 0 radical (unpaired) electrons. The summed E-state index contributed by atoms with van der Waals surface area (Å²) in [4.78, 5) is 28.8. The van der Waals surface area contributed by atoms with E-state index < -0.39 is 0 Å². The van der Waals surface area contributed by atoms with E-state index in [2.05, 4.69) is 50.0 Å². The first-order valence-electron chi connectivity index (χ1n) is 10.4. The van der Waals surface area contributed by atoms with Gasteiger partial charge in [-0.15, -0.1) is 0 Å². The Morgan fingerprint density at radius 3 is 2.77 bits per heavy atom. The predicted octanol–water partition coefficient (Wildman–Crippen LogP) is 4.54. The van der Waals surface area contributed by atoms with Gasteiger partial charge in [0.2, 0.25) is 11.8 Å². The number of carbonyl (C=O) groups excluding carboxylic acids is 1. The highest BCUT2D eigenvalue weighted by Crippen LogP contribution is 2.36. The summed E-state index contributed by atoms with van der Waals surface area (Å²) in [6.07, 6.45) is 5.45. The van der Waals surface area contributed by atoms with Crippen LogP contribution < -0.4 is 10.1 Å². The number of hydrogen-bond acceptors (Lipinski definition) is 6. The third-order valence-corrected chi connectivity index (χ3v) is 6.39. The molecule has 1 atom stereocenters. The highest BCUT2D eigenvalue weighted by Gasteiger charge is 2.40. The maximum atomic E-state index is 13.7. The SMILES string of the molecule is COc1ccc2c(C(=O)N3CCCC(C)(C)C3CNc3ncc(Br)cn3)cccc2n1. The number of nitrogens with zero attached hydrogens (tertiary/aromatic N) is 4. The fraction of sp³-hybridized carbons (Fsp3) is 0.391. The van der Waals surface area contributed by atoms with Gasteiger partial charge in [0, 0.05) is 42.5 Å². The van der Waals surface area contributed by atoms with Gasteiger partial charge in [0.1, 0.15) is 0 Å². The van der Waals surface area contributed by atoms with Crippen LogP contribution in [0.4, 0.5) is 5.95 Å². The van der Waals surface area contributed by atoms with Crippen LogP contribution in [0.5, 0.6) is 5.88 Å². The van der Waals surface area contributed by atoms with Crippen molar-refractivity contribution in [3.8, 4) is 5.88 Å². The summed E-state index contributed by atoms with van der Waals surface area (Å²) in [5.41, 5.74) is 1.37. The topological polar surface area (TPSA) is 80.2 Å². The predicted molar refractivity (Wildman–Crippen MR) is 124 cm³/mol. The molecule has 0 saturated carbocycles. The van der Waals surface area contributed by atoms with Gasteiger partial charge in [0.25, 0.3) is 5.91 Å². The lowest BCUT2D eigenvalue weighted by atomic mass is 9.76. The van der Waals surface area contributed by atoms with Crippen molar-refractivity contribution in [2.24, 2.45) is 5.41 Å². The number of nitrogens with one attached hydrogen (secondary N) is 1. The molecule has 8 heteroatoms. The molecule has 1 N–H and O–H groups in total. The summed E-state index contributed by atoms with van der Waals surface area (Å²) in [5.74, 6) is 1.11. The average Bonchev–Trinajstić information content (AvgIpc) is 2.77. The number of methoxy groups -OCH3 is 1. The van der Waals surface area contributed by atoms with E-state index in [1.807, 2.05) is 29.2 Å². The van der Waals surface area contributed by atoms with Crippen molar-refractivity contribution < 1.29 is 9.53 Å². The molecule has 162 valence electrons. The van der Waals surface area contributed by atoms with Gasteiger partial charge < -0.3 is 15.0 Å². The lowest BCUT2D eigenvalue weighted by molar-refractivity contribution is 0.0321. The van der Waals surface area contributed by atoms with Crippen LogP contribution >= 0.6 is 15.9 Å². The second kappa shape index (κ2) is 8.78. The van der Waals surface area contributed by atoms with Crippen molar-refractivity contribution in [3.05, 3.63) is 52.8 Å². The number of ether oxygens (including phenoxy) is 1. The number of anilines is 1. The largest absolute Gasteiger partial charge is 0.481 e. The number of benzene rings is 1. The molecule has 7 nitrogen and oxygen atoms in total. The van der Waals surface area contributed by atoms with E-state index >= 15 is 0 Å². The number of carbonyl (C=O) groups is 1. The van der Waals surface area contributed by atoms with Gasteiger partial charge in [-0.1, -0.05) is 19.9 Å². The van der Waals surface area contributed by atoms with E-state index in [-0.39, 0.29) is 17.4 Å². The number of likely N-dealkylation sites (tertiary alicyclic amines) is 1.